The maximum absolute atomic E-state index is 14.0. The molecule has 3 rings (SSSR count). The Morgan fingerprint density at radius 2 is 1.82 bits per heavy atom. The van der Waals surface area contributed by atoms with E-state index in [-0.39, 0.29) is 29.1 Å². The first-order valence-corrected chi connectivity index (χ1v) is 11.3. The van der Waals surface area contributed by atoms with Crippen LogP contribution in [0.5, 0.6) is 0 Å². The van der Waals surface area contributed by atoms with Gasteiger partial charge in [0.2, 0.25) is 5.91 Å². The van der Waals surface area contributed by atoms with E-state index >= 15 is 0 Å². The van der Waals surface area contributed by atoms with Gasteiger partial charge >= 0.3 is 0 Å². The summed E-state index contributed by atoms with van der Waals surface area (Å²) >= 11 is 0. The number of benzene rings is 2. The van der Waals surface area contributed by atoms with Crippen molar-refractivity contribution in [2.45, 2.75) is 57.0 Å². The van der Waals surface area contributed by atoms with Gasteiger partial charge < -0.3 is 16.8 Å². The third kappa shape index (κ3) is 6.60. The van der Waals surface area contributed by atoms with Crippen LogP contribution < -0.4 is 16.8 Å². The Bertz CT molecular complexity index is 998. The number of anilines is 1. The molecule has 33 heavy (non-hydrogen) atoms. The quantitative estimate of drug-likeness (QED) is 0.376. The number of halogens is 2. The Kier molecular flexibility index (Phi) is 8.14. The number of carbonyl (C=O) groups is 1. The van der Waals surface area contributed by atoms with Gasteiger partial charge in [0.25, 0.3) is 0 Å². The predicted octanol–water partition coefficient (Wildman–Crippen LogP) is 4.72. The number of amidine groups is 1. The van der Waals surface area contributed by atoms with E-state index in [9.17, 15) is 13.6 Å². The fraction of sp³-hybridized carbons (Fsp3) is 0.400. The number of nitrogens with one attached hydrogen (secondary N) is 1. The molecule has 1 unspecified atom stereocenters. The minimum absolute atomic E-state index is 0.0133. The molecule has 0 aliphatic heterocycles. The largest absolute Gasteiger partial charge is 0.386 e. The zero-order valence-corrected chi connectivity index (χ0v) is 18.8. The fourth-order valence-electron chi connectivity index (χ4n) is 4.27. The smallest absolute Gasteiger partial charge is 0.233 e. The van der Waals surface area contributed by atoms with Crippen LogP contribution in [-0.2, 0) is 4.79 Å². The topological polar surface area (TPSA) is 106 Å². The molecule has 1 aliphatic carbocycles. The lowest BCUT2D eigenvalue weighted by Gasteiger charge is -2.38. The van der Waals surface area contributed by atoms with Crippen molar-refractivity contribution >= 4 is 29.3 Å². The Hall–Kier alpha value is -3.29. The Morgan fingerprint density at radius 3 is 2.42 bits per heavy atom. The van der Waals surface area contributed by atoms with Gasteiger partial charge in [0.15, 0.2) is 0 Å². The van der Waals surface area contributed by atoms with Crippen LogP contribution in [-0.4, -0.2) is 29.5 Å². The number of nitrogens with zero attached hydrogens (tertiary/aromatic N) is 2. The molecule has 2 aromatic carbocycles. The predicted molar refractivity (Wildman–Crippen MR) is 129 cm³/mol. The monoisotopic (exact) mass is 455 g/mol. The first-order chi connectivity index (χ1) is 15.8. The van der Waals surface area contributed by atoms with Crippen LogP contribution >= 0.6 is 0 Å². The van der Waals surface area contributed by atoms with Crippen molar-refractivity contribution in [1.82, 2.24) is 0 Å². The molecule has 5 N–H and O–H groups in total. The number of carbonyl (C=O) groups excluding carboxylic acids is 1. The number of hydrogen-bond donors (Lipinski definition) is 3. The molecule has 0 bridgehead atoms. The maximum atomic E-state index is 14.0. The second-order valence-electron chi connectivity index (χ2n) is 8.54. The van der Waals surface area contributed by atoms with Gasteiger partial charge in [0.05, 0.1) is 16.9 Å². The number of aliphatic imine (C=N–C) groups is 2. The summed E-state index contributed by atoms with van der Waals surface area (Å²) in [4.78, 5) is 21.1. The summed E-state index contributed by atoms with van der Waals surface area (Å²) in [5, 5.41) is 3.29. The number of para-hydroxylation sites is 1. The first-order valence-electron chi connectivity index (χ1n) is 11.3. The van der Waals surface area contributed by atoms with Crippen molar-refractivity contribution in [3.05, 3.63) is 60.2 Å². The summed E-state index contributed by atoms with van der Waals surface area (Å²) in [6.45, 7) is 2.09. The van der Waals surface area contributed by atoms with Crippen molar-refractivity contribution in [2.75, 3.05) is 5.32 Å². The Balaban J connectivity index is 1.71. The lowest BCUT2D eigenvalue weighted by molar-refractivity contribution is -0.118. The van der Waals surface area contributed by atoms with Crippen molar-refractivity contribution in [2.24, 2.45) is 27.4 Å². The van der Waals surface area contributed by atoms with Gasteiger partial charge in [-0.05, 0) is 68.5 Å². The number of rotatable bonds is 9. The molecule has 0 radical (unpaired) electrons. The molecule has 2 aromatic rings. The highest BCUT2D eigenvalue weighted by atomic mass is 19.1. The fourth-order valence-corrected chi connectivity index (χ4v) is 4.27. The van der Waals surface area contributed by atoms with E-state index in [1.165, 1.54) is 36.5 Å². The molecule has 0 spiro atoms. The highest BCUT2D eigenvalue weighted by Crippen LogP contribution is 2.37. The van der Waals surface area contributed by atoms with Gasteiger partial charge in [-0.1, -0.05) is 25.5 Å². The highest BCUT2D eigenvalue weighted by Gasteiger charge is 2.34. The summed E-state index contributed by atoms with van der Waals surface area (Å²) in [7, 11) is 0. The van der Waals surface area contributed by atoms with Gasteiger partial charge in [-0.15, -0.1) is 0 Å². The van der Waals surface area contributed by atoms with Crippen LogP contribution in [0.4, 0.5) is 20.2 Å². The lowest BCUT2D eigenvalue weighted by atomic mass is 9.77. The molecule has 0 saturated heterocycles. The molecule has 1 atom stereocenters. The molecule has 1 aliphatic rings. The zero-order valence-electron chi connectivity index (χ0n) is 18.8. The number of hydrogen-bond acceptors (Lipinski definition) is 4. The van der Waals surface area contributed by atoms with Crippen molar-refractivity contribution < 1.29 is 13.6 Å². The van der Waals surface area contributed by atoms with Crippen LogP contribution in [0.25, 0.3) is 0 Å². The van der Waals surface area contributed by atoms with Gasteiger partial charge in [-0.25, -0.2) is 13.8 Å². The van der Waals surface area contributed by atoms with Crippen molar-refractivity contribution in [3.8, 4) is 0 Å². The normalized spacial score (nSPS) is 22.3. The molecule has 0 aromatic heterocycles. The van der Waals surface area contributed by atoms with E-state index in [4.69, 9.17) is 16.5 Å². The van der Waals surface area contributed by atoms with Crippen LogP contribution in [0.3, 0.4) is 0 Å². The van der Waals surface area contributed by atoms with E-state index in [1.807, 2.05) is 6.07 Å². The average molecular weight is 456 g/mol. The third-order valence-corrected chi connectivity index (χ3v) is 6.07. The second kappa shape index (κ2) is 11.0. The van der Waals surface area contributed by atoms with Crippen LogP contribution in [0, 0.1) is 17.6 Å². The van der Waals surface area contributed by atoms with Gasteiger partial charge in [0.1, 0.15) is 23.4 Å². The lowest BCUT2D eigenvalue weighted by Crippen LogP contribution is -2.40. The second-order valence-corrected chi connectivity index (χ2v) is 8.54. The highest BCUT2D eigenvalue weighted by molar-refractivity contribution is 6.14. The van der Waals surface area contributed by atoms with Crippen LogP contribution in [0.15, 0.2) is 58.5 Å². The molecule has 176 valence electrons. The SMILES string of the molecule is CCCC1(N=CC(C(N)=O)C(N)=Nc2ccc(F)cc2)CCC(Nc2ccccc2F)CC1. The van der Waals surface area contributed by atoms with Gasteiger partial charge in [-0.2, -0.15) is 0 Å². The van der Waals surface area contributed by atoms with Gasteiger partial charge in [-0.3, -0.25) is 9.79 Å². The summed E-state index contributed by atoms with van der Waals surface area (Å²) in [6.07, 6.45) is 6.54. The molecule has 8 heteroatoms. The Morgan fingerprint density at radius 1 is 1.15 bits per heavy atom. The zero-order chi connectivity index (χ0) is 23.8. The number of nitrogens with two attached hydrogens (primary N) is 2. The summed E-state index contributed by atoms with van der Waals surface area (Å²) in [6, 6.07) is 12.3. The summed E-state index contributed by atoms with van der Waals surface area (Å²) < 4.78 is 27.1. The Labute approximate surface area is 193 Å². The molecular weight excluding hydrogens is 424 g/mol. The molecular formula is C25H31F2N5O. The molecule has 1 saturated carbocycles. The van der Waals surface area contributed by atoms with Crippen molar-refractivity contribution in [3.63, 3.8) is 0 Å². The molecule has 0 heterocycles. The van der Waals surface area contributed by atoms with Crippen LogP contribution in [0.2, 0.25) is 0 Å². The van der Waals surface area contributed by atoms with Crippen molar-refractivity contribution in [1.29, 1.82) is 0 Å². The number of primary amides is 1. The molecule has 1 amide bonds. The summed E-state index contributed by atoms with van der Waals surface area (Å²) in [5.41, 5.74) is 12.2. The first kappa shape index (κ1) is 24.4. The standard InChI is InChI=1S/C25H31F2N5O/c1-2-13-25(14-11-19(12-15-25)31-22-6-4-3-5-21(22)27)30-16-20(24(29)33)23(28)32-18-9-7-17(26)8-10-18/h3-10,16,19-20,31H,2,11-15H2,1H3,(H2,28,32)(H2,29,33). The molecule has 6 nitrogen and oxygen atoms in total. The minimum Gasteiger partial charge on any atom is -0.386 e. The van der Waals surface area contributed by atoms with E-state index in [0.717, 1.165) is 38.5 Å². The molecule has 1 fully saturated rings. The van der Waals surface area contributed by atoms with E-state index in [2.05, 4.69) is 17.2 Å². The van der Waals surface area contributed by atoms with Gasteiger partial charge in [0, 0.05) is 12.3 Å². The van der Waals surface area contributed by atoms with E-state index < -0.39 is 11.8 Å². The third-order valence-electron chi connectivity index (χ3n) is 6.07. The average Bonchev–Trinajstić information content (AvgIpc) is 2.78. The summed E-state index contributed by atoms with van der Waals surface area (Å²) in [5.74, 6) is -2.25. The van der Waals surface area contributed by atoms with E-state index in [0.29, 0.717) is 11.4 Å². The minimum atomic E-state index is -0.960. The number of amides is 1. The van der Waals surface area contributed by atoms with E-state index in [1.54, 1.807) is 12.1 Å². The maximum Gasteiger partial charge on any atom is 0.233 e. The van der Waals surface area contributed by atoms with Crippen LogP contribution in [0.1, 0.15) is 45.4 Å².